The highest BCUT2D eigenvalue weighted by molar-refractivity contribution is 5.37. The Labute approximate surface area is 124 Å². The van der Waals surface area contributed by atoms with Gasteiger partial charge in [0.15, 0.2) is 0 Å². The third kappa shape index (κ3) is 2.21. The van der Waals surface area contributed by atoms with Crippen LogP contribution in [0.1, 0.15) is 59.8 Å². The molecule has 0 amide bonds. The molecule has 0 saturated heterocycles. The lowest BCUT2D eigenvalue weighted by molar-refractivity contribution is 0.573. The summed E-state index contributed by atoms with van der Waals surface area (Å²) in [6.07, 6.45) is 7.51. The maximum atomic E-state index is 12.3. The Morgan fingerprint density at radius 1 is 1.05 bits per heavy atom. The summed E-state index contributed by atoms with van der Waals surface area (Å²) < 4.78 is 0. The van der Waals surface area contributed by atoms with Crippen molar-refractivity contribution in [2.75, 3.05) is 0 Å². The van der Waals surface area contributed by atoms with Crippen molar-refractivity contribution in [3.63, 3.8) is 0 Å². The summed E-state index contributed by atoms with van der Waals surface area (Å²) in [5, 5.41) is 0. The van der Waals surface area contributed by atoms with E-state index in [1.54, 1.807) is 0 Å². The predicted octanol–water partition coefficient (Wildman–Crippen LogP) is 3.12. The zero-order valence-corrected chi connectivity index (χ0v) is 12.2. The van der Waals surface area contributed by atoms with E-state index in [1.807, 2.05) is 0 Å². The van der Waals surface area contributed by atoms with E-state index >= 15 is 0 Å². The first-order valence-corrected chi connectivity index (χ1v) is 8.02. The lowest BCUT2D eigenvalue weighted by Gasteiger charge is -2.26. The molecular formula is C18H20N2O. The SMILES string of the molecule is O=c1[nH]c(C2CCCc3ccccc32)nc2c1CCCC2. The number of H-pyrrole nitrogens is 1. The molecule has 2 aliphatic carbocycles. The predicted molar refractivity (Wildman–Crippen MR) is 82.7 cm³/mol. The van der Waals surface area contributed by atoms with Crippen molar-refractivity contribution in [2.24, 2.45) is 0 Å². The summed E-state index contributed by atoms with van der Waals surface area (Å²) in [5.74, 6) is 1.14. The van der Waals surface area contributed by atoms with Gasteiger partial charge in [-0.15, -0.1) is 0 Å². The number of hydrogen-bond donors (Lipinski definition) is 1. The maximum Gasteiger partial charge on any atom is 0.254 e. The normalized spacial score (nSPS) is 20.7. The van der Waals surface area contributed by atoms with Crippen molar-refractivity contribution in [1.29, 1.82) is 0 Å². The van der Waals surface area contributed by atoms with Crippen LogP contribution in [0.2, 0.25) is 0 Å². The molecule has 3 nitrogen and oxygen atoms in total. The van der Waals surface area contributed by atoms with Crippen LogP contribution in [0.3, 0.4) is 0 Å². The molecule has 4 rings (SSSR count). The molecule has 1 aromatic heterocycles. The third-order valence-electron chi connectivity index (χ3n) is 4.91. The molecule has 3 heteroatoms. The highest BCUT2D eigenvalue weighted by Gasteiger charge is 2.25. The first kappa shape index (κ1) is 12.8. The molecule has 1 N–H and O–H groups in total. The minimum absolute atomic E-state index is 0.0951. The Morgan fingerprint density at radius 3 is 2.86 bits per heavy atom. The molecule has 2 aliphatic rings. The van der Waals surface area contributed by atoms with E-state index < -0.39 is 0 Å². The van der Waals surface area contributed by atoms with Crippen molar-refractivity contribution in [3.8, 4) is 0 Å². The van der Waals surface area contributed by atoms with Gasteiger partial charge in [0.25, 0.3) is 5.56 Å². The second kappa shape index (κ2) is 5.14. The number of aryl methyl sites for hydroxylation is 2. The van der Waals surface area contributed by atoms with Crippen LogP contribution < -0.4 is 5.56 Å². The Hall–Kier alpha value is -1.90. The van der Waals surface area contributed by atoms with Gasteiger partial charge >= 0.3 is 0 Å². The van der Waals surface area contributed by atoms with E-state index in [4.69, 9.17) is 4.98 Å². The monoisotopic (exact) mass is 280 g/mol. The van der Waals surface area contributed by atoms with Crippen LogP contribution >= 0.6 is 0 Å². The average Bonchev–Trinajstić information content (AvgIpc) is 2.54. The Morgan fingerprint density at radius 2 is 1.90 bits per heavy atom. The molecule has 2 aromatic rings. The van der Waals surface area contributed by atoms with Gasteiger partial charge < -0.3 is 4.98 Å². The van der Waals surface area contributed by atoms with Crippen LogP contribution in [0.4, 0.5) is 0 Å². The zero-order valence-electron chi connectivity index (χ0n) is 12.2. The lowest BCUT2D eigenvalue weighted by atomic mass is 9.82. The van der Waals surface area contributed by atoms with Gasteiger partial charge in [-0.05, 0) is 56.1 Å². The van der Waals surface area contributed by atoms with Crippen LogP contribution in [0.5, 0.6) is 0 Å². The zero-order chi connectivity index (χ0) is 14.2. The van der Waals surface area contributed by atoms with E-state index in [2.05, 4.69) is 29.2 Å². The van der Waals surface area contributed by atoms with Gasteiger partial charge in [-0.1, -0.05) is 24.3 Å². The largest absolute Gasteiger partial charge is 0.310 e. The molecule has 0 saturated carbocycles. The second-order valence-corrected chi connectivity index (χ2v) is 6.23. The van der Waals surface area contributed by atoms with Crippen LogP contribution in [0.15, 0.2) is 29.1 Å². The van der Waals surface area contributed by atoms with Crippen molar-refractivity contribution in [1.82, 2.24) is 9.97 Å². The van der Waals surface area contributed by atoms with Crippen molar-refractivity contribution >= 4 is 0 Å². The fourth-order valence-corrected chi connectivity index (χ4v) is 3.83. The van der Waals surface area contributed by atoms with E-state index in [1.165, 1.54) is 17.5 Å². The third-order valence-corrected chi connectivity index (χ3v) is 4.91. The molecule has 0 bridgehead atoms. The molecule has 1 atom stereocenters. The first-order chi connectivity index (χ1) is 10.3. The maximum absolute atomic E-state index is 12.3. The molecule has 1 heterocycles. The van der Waals surface area contributed by atoms with E-state index in [0.29, 0.717) is 0 Å². The molecule has 0 fully saturated rings. The summed E-state index contributed by atoms with van der Waals surface area (Å²) in [7, 11) is 0. The van der Waals surface area contributed by atoms with Crippen LogP contribution in [0.25, 0.3) is 0 Å². The fourth-order valence-electron chi connectivity index (χ4n) is 3.83. The second-order valence-electron chi connectivity index (χ2n) is 6.23. The van der Waals surface area contributed by atoms with E-state index in [0.717, 1.165) is 55.6 Å². The van der Waals surface area contributed by atoms with Crippen LogP contribution in [-0.4, -0.2) is 9.97 Å². The summed E-state index contributed by atoms with van der Waals surface area (Å²) in [6.45, 7) is 0. The van der Waals surface area contributed by atoms with E-state index in [9.17, 15) is 4.79 Å². The van der Waals surface area contributed by atoms with Gasteiger partial charge in [0.1, 0.15) is 5.82 Å². The number of fused-ring (bicyclic) bond motifs is 2. The number of hydrogen-bond acceptors (Lipinski definition) is 2. The molecule has 108 valence electrons. The number of nitrogens with one attached hydrogen (secondary N) is 1. The highest BCUT2D eigenvalue weighted by Crippen LogP contribution is 2.35. The van der Waals surface area contributed by atoms with Crippen molar-refractivity contribution < 1.29 is 0 Å². The standard InChI is InChI=1S/C18H20N2O/c21-18-15-9-3-4-11-16(15)19-17(20-18)14-10-5-7-12-6-1-2-8-13(12)14/h1-2,6,8,14H,3-5,7,9-11H2,(H,19,20,21). The Balaban J connectivity index is 1.81. The summed E-state index contributed by atoms with van der Waals surface area (Å²) in [6, 6.07) is 8.59. The Bertz CT molecular complexity index is 732. The molecule has 1 aromatic carbocycles. The van der Waals surface area contributed by atoms with E-state index in [-0.39, 0.29) is 11.5 Å². The molecule has 0 spiro atoms. The molecule has 1 unspecified atom stereocenters. The van der Waals surface area contributed by atoms with Gasteiger partial charge in [0.2, 0.25) is 0 Å². The minimum Gasteiger partial charge on any atom is -0.310 e. The van der Waals surface area contributed by atoms with Crippen LogP contribution in [-0.2, 0) is 19.3 Å². The van der Waals surface area contributed by atoms with Gasteiger partial charge in [0, 0.05) is 11.5 Å². The summed E-state index contributed by atoms with van der Waals surface area (Å²) in [5.41, 5.74) is 4.83. The van der Waals surface area contributed by atoms with Crippen LogP contribution in [0, 0.1) is 0 Å². The number of benzene rings is 1. The van der Waals surface area contributed by atoms with Gasteiger partial charge in [-0.2, -0.15) is 0 Å². The minimum atomic E-state index is 0.0951. The van der Waals surface area contributed by atoms with Crippen molar-refractivity contribution in [3.05, 3.63) is 62.8 Å². The van der Waals surface area contributed by atoms with Gasteiger partial charge in [-0.3, -0.25) is 4.79 Å². The quantitative estimate of drug-likeness (QED) is 0.872. The van der Waals surface area contributed by atoms with Crippen molar-refractivity contribution in [2.45, 2.75) is 50.9 Å². The summed E-state index contributed by atoms with van der Waals surface area (Å²) >= 11 is 0. The summed E-state index contributed by atoms with van der Waals surface area (Å²) in [4.78, 5) is 20.3. The lowest BCUT2D eigenvalue weighted by Crippen LogP contribution is -2.25. The molecule has 0 aliphatic heterocycles. The molecule has 21 heavy (non-hydrogen) atoms. The number of rotatable bonds is 1. The average molecular weight is 280 g/mol. The highest BCUT2D eigenvalue weighted by atomic mass is 16.1. The smallest absolute Gasteiger partial charge is 0.254 e. The van der Waals surface area contributed by atoms with Gasteiger partial charge in [0.05, 0.1) is 5.69 Å². The first-order valence-electron chi connectivity index (χ1n) is 8.02. The molecule has 0 radical (unpaired) electrons. The van der Waals surface area contributed by atoms with Gasteiger partial charge in [-0.25, -0.2) is 4.98 Å². The Kier molecular flexibility index (Phi) is 3.13. The number of nitrogens with zero attached hydrogens (tertiary/aromatic N) is 1. The number of aromatic amines is 1. The topological polar surface area (TPSA) is 45.8 Å². The molecular weight excluding hydrogens is 260 g/mol. The fraction of sp³-hybridized carbons (Fsp3) is 0.444. The number of aromatic nitrogens is 2.